The van der Waals surface area contributed by atoms with Crippen molar-refractivity contribution in [3.63, 3.8) is 0 Å². The van der Waals surface area contributed by atoms with Gasteiger partial charge in [-0.3, -0.25) is 15.0 Å². The average Bonchev–Trinajstić information content (AvgIpc) is 2.77. The van der Waals surface area contributed by atoms with E-state index in [0.717, 1.165) is 0 Å². The van der Waals surface area contributed by atoms with E-state index in [0.29, 0.717) is 0 Å². The maximum atomic E-state index is 7.50. The summed E-state index contributed by atoms with van der Waals surface area (Å²) in [5.41, 5.74) is 0. The minimum Gasteiger partial charge on any atom is -0.265 e. The van der Waals surface area contributed by atoms with Crippen LogP contribution in [-0.4, -0.2) is 15.0 Å². The Hall–Kier alpha value is -2.80. The van der Waals surface area contributed by atoms with Crippen LogP contribution in [-0.2, 0) is 31.3 Å². The van der Waals surface area contributed by atoms with Crippen molar-refractivity contribution in [2.24, 2.45) is 0 Å². The Morgan fingerprint density at radius 1 is 0.360 bits per heavy atom. The first-order chi connectivity index (χ1) is 12.0. The van der Waals surface area contributed by atoms with Crippen LogP contribution in [0, 0.1) is 20.0 Å². The predicted octanol–water partition coefficient (Wildman–Crippen LogP) is 3.13. The third-order valence-corrected chi connectivity index (χ3v) is 1.70. The van der Waals surface area contributed by atoms with E-state index < -0.39 is 0 Å². The molecule has 0 fully saturated rings. The van der Waals surface area contributed by atoms with Gasteiger partial charge in [-0.2, -0.15) is 0 Å². The molecule has 0 saturated carbocycles. The summed E-state index contributed by atoms with van der Waals surface area (Å²) in [5, 5.41) is 0. The van der Waals surface area contributed by atoms with Crippen LogP contribution in [0.4, 0.5) is 0 Å². The van der Waals surface area contributed by atoms with Gasteiger partial charge in [-0.05, 0) is 36.4 Å². The Morgan fingerprint density at radius 2 is 0.520 bits per heavy atom. The van der Waals surface area contributed by atoms with Crippen molar-refractivity contribution in [1.29, 1.82) is 0 Å². The van der Waals surface area contributed by atoms with E-state index in [2.05, 4.69) is 34.9 Å². The second kappa shape index (κ2) is 37.4. The van der Waals surface area contributed by atoms with Crippen LogP contribution in [0.15, 0.2) is 91.8 Å². The van der Waals surface area contributed by atoms with E-state index >= 15 is 0 Å². The molecule has 0 N–H and O–H groups in total. The van der Waals surface area contributed by atoms with Gasteiger partial charge in [0.1, 0.15) is 0 Å². The zero-order valence-corrected chi connectivity index (χ0v) is 14.4. The molecule has 0 bridgehead atoms. The van der Waals surface area contributed by atoms with Crippen LogP contribution in [0.3, 0.4) is 0 Å². The van der Waals surface area contributed by atoms with E-state index in [-0.39, 0.29) is 17.4 Å². The van der Waals surface area contributed by atoms with Gasteiger partial charge in [0.25, 0.3) is 0 Å². The van der Waals surface area contributed by atoms with Gasteiger partial charge in [-0.15, -0.1) is 0 Å². The summed E-state index contributed by atoms with van der Waals surface area (Å²) in [7, 11) is 0. The van der Waals surface area contributed by atoms with Gasteiger partial charge >= 0.3 is 33.9 Å². The van der Waals surface area contributed by atoms with Gasteiger partial charge in [-0.25, -0.2) is 0 Å². The third-order valence-electron chi connectivity index (χ3n) is 1.70. The maximum absolute atomic E-state index is 7.50. The Labute approximate surface area is 158 Å². The molecule has 0 radical (unpaired) electrons. The van der Waals surface area contributed by atoms with Crippen LogP contribution in [0.5, 0.6) is 0 Å². The normalized spacial score (nSPS) is 6.00. The molecule has 0 aliphatic heterocycles. The molecule has 25 heavy (non-hydrogen) atoms. The summed E-state index contributed by atoms with van der Waals surface area (Å²) in [6, 6.07) is 17.1. The topological polar surface area (TPSA) is 98.4 Å². The molecule has 126 valence electrons. The Kier molecular flexibility index (Phi) is 45.1. The number of hydrogen-bond acceptors (Lipinski definition) is 3. The van der Waals surface area contributed by atoms with Gasteiger partial charge in [0.15, 0.2) is 0 Å². The van der Waals surface area contributed by atoms with E-state index in [9.17, 15) is 0 Å². The molecular formula is C18H15CrN3O3. The van der Waals surface area contributed by atoms with Crippen molar-refractivity contribution >= 4 is 0 Å². The standard InChI is InChI=1S/3C5H5N.3CO.Cr/c3*1-2-4-6-5-3-1;3*1-2;/h3*1-5H;;;;. The van der Waals surface area contributed by atoms with Gasteiger partial charge in [0, 0.05) is 54.5 Å². The van der Waals surface area contributed by atoms with Crippen LogP contribution >= 0.6 is 0 Å². The zero-order chi connectivity index (χ0) is 18.7. The summed E-state index contributed by atoms with van der Waals surface area (Å²) in [4.78, 5) is 11.4. The van der Waals surface area contributed by atoms with E-state index in [1.54, 1.807) is 37.2 Å². The summed E-state index contributed by atoms with van der Waals surface area (Å²) >= 11 is 0. The zero-order valence-electron chi connectivity index (χ0n) is 13.1. The van der Waals surface area contributed by atoms with Gasteiger partial charge in [0.05, 0.1) is 0 Å². The van der Waals surface area contributed by atoms with Crippen molar-refractivity contribution < 1.29 is 31.3 Å². The van der Waals surface area contributed by atoms with Crippen LogP contribution in [0.2, 0.25) is 0 Å². The van der Waals surface area contributed by atoms with Crippen LogP contribution in [0.1, 0.15) is 0 Å². The number of hydrogen-bond donors (Lipinski definition) is 0. The fourth-order valence-corrected chi connectivity index (χ4v) is 0.938. The fraction of sp³-hybridized carbons (Fsp3) is 0. The third kappa shape index (κ3) is 33.8. The maximum Gasteiger partial charge on any atom is 0.0267 e. The molecule has 0 atom stereocenters. The summed E-state index contributed by atoms with van der Waals surface area (Å²) in [6.45, 7) is 13.5. The summed E-state index contributed by atoms with van der Waals surface area (Å²) in [5.74, 6) is 0. The van der Waals surface area contributed by atoms with Gasteiger partial charge in [-0.1, -0.05) is 18.2 Å². The molecule has 0 unspecified atom stereocenters. The molecule has 3 aromatic heterocycles. The Bertz CT molecular complexity index is 422. The molecule has 0 aliphatic rings. The van der Waals surface area contributed by atoms with Crippen molar-refractivity contribution in [2.75, 3.05) is 0 Å². The second-order valence-corrected chi connectivity index (χ2v) is 3.07. The molecule has 3 rings (SSSR count). The average molecular weight is 373 g/mol. The second-order valence-electron chi connectivity index (χ2n) is 3.07. The molecule has 0 spiro atoms. The molecule has 0 amide bonds. The largest absolute Gasteiger partial charge is 0.265 e. The summed E-state index contributed by atoms with van der Waals surface area (Å²) in [6.07, 6.45) is 10.5. The SMILES string of the molecule is [C-]#[O+].[C-]#[O+].[C-]#[O+].[Cr].c1ccncc1.c1ccncc1.c1ccncc1. The first-order valence-corrected chi connectivity index (χ1v) is 6.16. The summed E-state index contributed by atoms with van der Waals surface area (Å²) < 4.78 is 22.5. The van der Waals surface area contributed by atoms with Crippen molar-refractivity contribution in [2.45, 2.75) is 0 Å². The minimum atomic E-state index is 0. The van der Waals surface area contributed by atoms with Crippen molar-refractivity contribution in [3.8, 4) is 0 Å². The van der Waals surface area contributed by atoms with E-state index in [4.69, 9.17) is 14.0 Å². The van der Waals surface area contributed by atoms with Crippen molar-refractivity contribution in [1.82, 2.24) is 15.0 Å². The Morgan fingerprint density at radius 3 is 0.560 bits per heavy atom. The first-order valence-electron chi connectivity index (χ1n) is 6.16. The van der Waals surface area contributed by atoms with Gasteiger partial charge in [0.2, 0.25) is 0 Å². The van der Waals surface area contributed by atoms with E-state index in [1.165, 1.54) is 0 Å². The fourth-order valence-electron chi connectivity index (χ4n) is 0.938. The van der Waals surface area contributed by atoms with Crippen LogP contribution < -0.4 is 0 Å². The monoisotopic (exact) mass is 373 g/mol. The van der Waals surface area contributed by atoms with Crippen LogP contribution in [0.25, 0.3) is 0 Å². The van der Waals surface area contributed by atoms with E-state index in [1.807, 2.05) is 54.6 Å². The minimum absolute atomic E-state index is 0. The quantitative estimate of drug-likeness (QED) is 0.447. The predicted molar refractivity (Wildman–Crippen MR) is 84.5 cm³/mol. The number of rotatable bonds is 0. The first kappa shape index (κ1) is 30.1. The Balaban J connectivity index is -0.000000113. The molecule has 7 heteroatoms. The molecule has 0 aromatic carbocycles. The smallest absolute Gasteiger partial charge is 0.0267 e. The van der Waals surface area contributed by atoms with Gasteiger partial charge < -0.3 is 0 Å². The number of aromatic nitrogens is 3. The molecule has 0 saturated heterocycles. The molecular weight excluding hydrogens is 358 g/mol. The molecule has 3 aromatic rings. The number of nitrogens with zero attached hydrogens (tertiary/aromatic N) is 3. The molecule has 6 nitrogen and oxygen atoms in total. The van der Waals surface area contributed by atoms with Crippen molar-refractivity contribution in [3.05, 3.63) is 112 Å². The molecule has 0 aliphatic carbocycles. The number of pyridine rings is 3. The molecule has 3 heterocycles.